The Balaban J connectivity index is 1.81. The van der Waals surface area contributed by atoms with Gasteiger partial charge in [-0.1, -0.05) is 17.3 Å². The molecule has 1 fully saturated rings. The minimum absolute atomic E-state index is 0.191. The minimum atomic E-state index is -3.56. The number of rotatable bonds is 4. The van der Waals surface area contributed by atoms with E-state index < -0.39 is 10.0 Å². The van der Waals surface area contributed by atoms with Gasteiger partial charge in [-0.2, -0.15) is 4.31 Å². The van der Waals surface area contributed by atoms with Crippen LogP contribution in [0.4, 0.5) is 0 Å². The summed E-state index contributed by atoms with van der Waals surface area (Å²) in [5.74, 6) is 1.33. The summed E-state index contributed by atoms with van der Waals surface area (Å²) in [5.41, 5.74) is 1.54. The fourth-order valence-corrected chi connectivity index (χ4v) is 4.86. The standard InChI is InChI=1S/C16H20N2O4S/c1-11-16(12(2)22-17-11)23(19,20)18-9-8-14(10-18)13-4-6-15(21-3)7-5-13/h4-7,14H,8-10H2,1-3H3/t14-/m0/s1. The van der Waals surface area contributed by atoms with Crippen molar-refractivity contribution in [1.29, 1.82) is 0 Å². The van der Waals surface area contributed by atoms with E-state index in [0.717, 1.165) is 17.7 Å². The number of nitrogens with zero attached hydrogens (tertiary/aromatic N) is 2. The van der Waals surface area contributed by atoms with Crippen molar-refractivity contribution in [3.63, 3.8) is 0 Å². The third-order valence-corrected chi connectivity index (χ3v) is 6.41. The maximum atomic E-state index is 12.8. The van der Waals surface area contributed by atoms with Gasteiger partial charge in [0, 0.05) is 13.1 Å². The van der Waals surface area contributed by atoms with E-state index >= 15 is 0 Å². The zero-order valence-electron chi connectivity index (χ0n) is 13.4. The smallest absolute Gasteiger partial charge is 0.248 e. The topological polar surface area (TPSA) is 72.6 Å². The molecular formula is C16H20N2O4S. The van der Waals surface area contributed by atoms with Crippen molar-refractivity contribution in [3.05, 3.63) is 41.3 Å². The second kappa shape index (κ2) is 5.98. The van der Waals surface area contributed by atoms with Crippen LogP contribution in [0, 0.1) is 13.8 Å². The predicted octanol–water partition coefficient (Wildman–Crippen LogP) is 2.48. The lowest BCUT2D eigenvalue weighted by Crippen LogP contribution is -2.29. The second-order valence-electron chi connectivity index (χ2n) is 5.78. The van der Waals surface area contributed by atoms with Crippen molar-refractivity contribution in [2.75, 3.05) is 20.2 Å². The first kappa shape index (κ1) is 16.0. The first-order valence-electron chi connectivity index (χ1n) is 7.50. The molecule has 2 heterocycles. The van der Waals surface area contributed by atoms with Crippen molar-refractivity contribution in [2.45, 2.75) is 31.1 Å². The highest BCUT2D eigenvalue weighted by atomic mass is 32.2. The highest BCUT2D eigenvalue weighted by Crippen LogP contribution is 2.33. The summed E-state index contributed by atoms with van der Waals surface area (Å²) in [4.78, 5) is 0.202. The molecule has 1 saturated heterocycles. The van der Waals surface area contributed by atoms with E-state index in [1.807, 2.05) is 24.3 Å². The van der Waals surface area contributed by atoms with E-state index in [4.69, 9.17) is 9.26 Å². The van der Waals surface area contributed by atoms with Crippen molar-refractivity contribution in [2.24, 2.45) is 0 Å². The SMILES string of the molecule is COc1ccc([C@H]2CCN(S(=O)(=O)c3c(C)noc3C)C2)cc1. The van der Waals surface area contributed by atoms with E-state index in [1.165, 1.54) is 4.31 Å². The lowest BCUT2D eigenvalue weighted by atomic mass is 9.99. The molecule has 1 aliphatic heterocycles. The molecule has 0 N–H and O–H groups in total. The van der Waals surface area contributed by atoms with Gasteiger partial charge in [0.15, 0.2) is 5.76 Å². The summed E-state index contributed by atoms with van der Waals surface area (Å²) in [6.07, 6.45) is 0.801. The summed E-state index contributed by atoms with van der Waals surface area (Å²) >= 11 is 0. The van der Waals surface area contributed by atoms with Gasteiger partial charge >= 0.3 is 0 Å². The van der Waals surface area contributed by atoms with Crippen LogP contribution < -0.4 is 4.74 Å². The molecule has 23 heavy (non-hydrogen) atoms. The Labute approximate surface area is 136 Å². The summed E-state index contributed by atoms with van der Waals surface area (Å²) in [6, 6.07) is 7.80. The van der Waals surface area contributed by atoms with Gasteiger partial charge in [0.25, 0.3) is 0 Å². The molecule has 1 aliphatic rings. The molecule has 0 amide bonds. The highest BCUT2D eigenvalue weighted by Gasteiger charge is 2.36. The van der Waals surface area contributed by atoms with Gasteiger partial charge in [-0.25, -0.2) is 8.42 Å². The van der Waals surface area contributed by atoms with Crippen LogP contribution in [0.3, 0.4) is 0 Å². The van der Waals surface area contributed by atoms with Crippen molar-refractivity contribution < 1.29 is 17.7 Å². The molecule has 0 spiro atoms. The quantitative estimate of drug-likeness (QED) is 0.857. The Morgan fingerprint density at radius 2 is 1.96 bits per heavy atom. The molecule has 1 aromatic heterocycles. The zero-order chi connectivity index (χ0) is 16.6. The number of hydrogen-bond donors (Lipinski definition) is 0. The first-order chi connectivity index (χ1) is 10.9. The molecule has 0 radical (unpaired) electrons. The number of hydrogen-bond acceptors (Lipinski definition) is 5. The van der Waals surface area contributed by atoms with Gasteiger partial charge in [0.1, 0.15) is 16.3 Å². The lowest BCUT2D eigenvalue weighted by Gasteiger charge is -2.16. The zero-order valence-corrected chi connectivity index (χ0v) is 14.3. The summed E-state index contributed by atoms with van der Waals surface area (Å²) < 4.78 is 37.3. The molecule has 7 heteroatoms. The Kier molecular flexibility index (Phi) is 4.16. The van der Waals surface area contributed by atoms with Gasteiger partial charge in [-0.05, 0) is 43.9 Å². The number of sulfonamides is 1. The Bertz CT molecular complexity index is 776. The van der Waals surface area contributed by atoms with Gasteiger partial charge in [0.2, 0.25) is 10.0 Å². The van der Waals surface area contributed by atoms with Crippen LogP contribution in [0.2, 0.25) is 0 Å². The monoisotopic (exact) mass is 336 g/mol. The molecule has 0 saturated carbocycles. The molecule has 124 valence electrons. The van der Waals surface area contributed by atoms with E-state index in [1.54, 1.807) is 21.0 Å². The van der Waals surface area contributed by atoms with Crippen LogP contribution >= 0.6 is 0 Å². The molecule has 0 aliphatic carbocycles. The van der Waals surface area contributed by atoms with Crippen LogP contribution in [0.1, 0.15) is 29.4 Å². The largest absolute Gasteiger partial charge is 0.497 e. The number of aromatic nitrogens is 1. The third-order valence-electron chi connectivity index (χ3n) is 4.30. The van der Waals surface area contributed by atoms with Crippen LogP contribution in [0.5, 0.6) is 5.75 Å². The molecule has 1 atom stereocenters. The van der Waals surface area contributed by atoms with Gasteiger partial charge in [0.05, 0.1) is 7.11 Å². The van der Waals surface area contributed by atoms with Crippen LogP contribution in [0.15, 0.2) is 33.7 Å². The molecule has 2 aromatic rings. The van der Waals surface area contributed by atoms with E-state index in [0.29, 0.717) is 24.5 Å². The predicted molar refractivity (Wildman–Crippen MR) is 85.1 cm³/mol. The van der Waals surface area contributed by atoms with E-state index in [2.05, 4.69) is 5.16 Å². The number of methoxy groups -OCH3 is 1. The fourth-order valence-electron chi connectivity index (χ4n) is 3.07. The molecule has 1 aromatic carbocycles. The van der Waals surface area contributed by atoms with E-state index in [-0.39, 0.29) is 10.8 Å². The Hall–Kier alpha value is -1.86. The van der Waals surface area contributed by atoms with Crippen molar-refractivity contribution in [1.82, 2.24) is 9.46 Å². The maximum absolute atomic E-state index is 12.8. The summed E-state index contributed by atoms with van der Waals surface area (Å²) in [6.45, 7) is 4.26. The molecule has 6 nitrogen and oxygen atoms in total. The number of aryl methyl sites for hydroxylation is 2. The Morgan fingerprint density at radius 3 is 2.52 bits per heavy atom. The van der Waals surface area contributed by atoms with Crippen LogP contribution in [0.25, 0.3) is 0 Å². The minimum Gasteiger partial charge on any atom is -0.497 e. The third kappa shape index (κ3) is 2.86. The lowest BCUT2D eigenvalue weighted by molar-refractivity contribution is 0.389. The fraction of sp³-hybridized carbons (Fsp3) is 0.438. The molecule has 3 rings (SSSR count). The normalized spacial score (nSPS) is 19.2. The molecule has 0 unspecified atom stereocenters. The second-order valence-corrected chi connectivity index (χ2v) is 7.65. The van der Waals surface area contributed by atoms with E-state index in [9.17, 15) is 8.42 Å². The Morgan fingerprint density at radius 1 is 1.26 bits per heavy atom. The molecule has 0 bridgehead atoms. The first-order valence-corrected chi connectivity index (χ1v) is 8.94. The van der Waals surface area contributed by atoms with Crippen LogP contribution in [-0.2, 0) is 10.0 Å². The highest BCUT2D eigenvalue weighted by molar-refractivity contribution is 7.89. The number of ether oxygens (including phenoxy) is 1. The summed E-state index contributed by atoms with van der Waals surface area (Å²) in [5, 5.41) is 3.76. The van der Waals surface area contributed by atoms with Crippen molar-refractivity contribution in [3.8, 4) is 5.75 Å². The maximum Gasteiger partial charge on any atom is 0.248 e. The van der Waals surface area contributed by atoms with Gasteiger partial charge in [-0.3, -0.25) is 0 Å². The number of benzene rings is 1. The molecular weight excluding hydrogens is 316 g/mol. The summed E-state index contributed by atoms with van der Waals surface area (Å²) in [7, 11) is -1.93. The van der Waals surface area contributed by atoms with Crippen molar-refractivity contribution >= 4 is 10.0 Å². The average molecular weight is 336 g/mol. The van der Waals surface area contributed by atoms with Crippen LogP contribution in [-0.4, -0.2) is 38.1 Å². The van der Waals surface area contributed by atoms with Gasteiger partial charge in [-0.15, -0.1) is 0 Å². The van der Waals surface area contributed by atoms with Gasteiger partial charge < -0.3 is 9.26 Å². The average Bonchev–Trinajstić information content (AvgIpc) is 3.15.